The van der Waals surface area contributed by atoms with Crippen molar-refractivity contribution in [3.8, 4) is 0 Å². The average Bonchev–Trinajstić information content (AvgIpc) is 2.97. The van der Waals surface area contributed by atoms with Crippen LogP contribution in [0.25, 0.3) is 0 Å². The molecule has 1 aromatic rings. The number of nitrogens with one attached hydrogen (secondary N) is 1. The lowest BCUT2D eigenvalue weighted by atomic mass is 10.0. The summed E-state index contributed by atoms with van der Waals surface area (Å²) in [5.41, 5.74) is 1.87. The second-order valence-corrected chi connectivity index (χ2v) is 5.51. The third kappa shape index (κ3) is 2.14. The molecule has 1 saturated carbocycles. The van der Waals surface area contributed by atoms with Gasteiger partial charge in [0.25, 0.3) is 0 Å². The van der Waals surface area contributed by atoms with Crippen LogP contribution >= 0.6 is 0 Å². The third-order valence-corrected chi connectivity index (χ3v) is 4.29. The van der Waals surface area contributed by atoms with Gasteiger partial charge in [-0.25, -0.2) is 4.39 Å². The van der Waals surface area contributed by atoms with Crippen molar-refractivity contribution in [1.29, 1.82) is 5.41 Å². The number of hydrogen-bond acceptors (Lipinski definition) is 1. The van der Waals surface area contributed by atoms with E-state index in [9.17, 15) is 4.39 Å². The molecule has 0 aromatic heterocycles. The Morgan fingerprint density at radius 1 is 1.28 bits per heavy atom. The van der Waals surface area contributed by atoms with E-state index in [1.54, 1.807) is 0 Å². The highest BCUT2D eigenvalue weighted by Crippen LogP contribution is 2.29. The molecule has 3 rings (SSSR count). The predicted octanol–water partition coefficient (Wildman–Crippen LogP) is 3.55. The molecule has 3 heteroatoms. The fraction of sp³-hybridized carbons (Fsp3) is 0.533. The molecule has 2 nitrogen and oxygen atoms in total. The Morgan fingerprint density at radius 3 is 2.83 bits per heavy atom. The minimum Gasteiger partial charge on any atom is -0.352 e. The van der Waals surface area contributed by atoms with E-state index in [-0.39, 0.29) is 5.82 Å². The Labute approximate surface area is 107 Å². The summed E-state index contributed by atoms with van der Waals surface area (Å²) in [4.78, 5) is 2.09. The highest BCUT2D eigenvalue weighted by atomic mass is 19.1. The molecule has 0 amide bonds. The number of halogens is 1. The summed E-state index contributed by atoms with van der Waals surface area (Å²) in [5, 5.41) is 8.12. The molecule has 2 aliphatic rings. The van der Waals surface area contributed by atoms with E-state index in [1.165, 1.54) is 44.2 Å². The Morgan fingerprint density at radius 2 is 2.06 bits per heavy atom. The standard InChI is InChI=1S/C15H19FN2/c16-13-6-5-12-10-18(15(17)14(12)9-13)8-7-11-3-1-2-4-11/h5-6,9,11,17H,1-4,7-8,10H2. The Kier molecular flexibility index (Phi) is 3.06. The van der Waals surface area contributed by atoms with E-state index < -0.39 is 0 Å². The smallest absolute Gasteiger partial charge is 0.128 e. The molecule has 1 aliphatic carbocycles. The second kappa shape index (κ2) is 4.71. The first-order valence-corrected chi connectivity index (χ1v) is 6.86. The Bertz CT molecular complexity index is 464. The molecular formula is C15H19FN2. The maximum atomic E-state index is 13.2. The fourth-order valence-corrected chi connectivity index (χ4v) is 3.19. The zero-order chi connectivity index (χ0) is 12.5. The van der Waals surface area contributed by atoms with Crippen molar-refractivity contribution in [3.05, 3.63) is 35.1 Å². The molecule has 0 atom stereocenters. The predicted molar refractivity (Wildman–Crippen MR) is 70.2 cm³/mol. The van der Waals surface area contributed by atoms with Crippen LogP contribution in [-0.4, -0.2) is 17.3 Å². The largest absolute Gasteiger partial charge is 0.352 e. The van der Waals surface area contributed by atoms with Gasteiger partial charge in [-0.3, -0.25) is 5.41 Å². The van der Waals surface area contributed by atoms with Gasteiger partial charge in [-0.2, -0.15) is 0 Å². The lowest BCUT2D eigenvalue weighted by Gasteiger charge is -2.20. The molecule has 0 unspecified atom stereocenters. The lowest BCUT2D eigenvalue weighted by molar-refractivity contribution is 0.367. The van der Waals surface area contributed by atoms with E-state index in [0.29, 0.717) is 5.84 Å². The van der Waals surface area contributed by atoms with Gasteiger partial charge in [0.15, 0.2) is 0 Å². The number of rotatable bonds is 3. The van der Waals surface area contributed by atoms with E-state index in [1.807, 2.05) is 6.07 Å². The maximum absolute atomic E-state index is 13.2. The minimum atomic E-state index is -0.240. The molecule has 0 radical (unpaired) electrons. The van der Waals surface area contributed by atoms with Gasteiger partial charge in [0, 0.05) is 18.7 Å². The van der Waals surface area contributed by atoms with Gasteiger partial charge in [0.2, 0.25) is 0 Å². The lowest BCUT2D eigenvalue weighted by Crippen LogP contribution is -2.26. The Balaban J connectivity index is 1.64. The maximum Gasteiger partial charge on any atom is 0.128 e. The summed E-state index contributed by atoms with van der Waals surface area (Å²) in [6.07, 6.45) is 6.62. The van der Waals surface area contributed by atoms with E-state index >= 15 is 0 Å². The third-order valence-electron chi connectivity index (χ3n) is 4.29. The summed E-state index contributed by atoms with van der Waals surface area (Å²) in [7, 11) is 0. The minimum absolute atomic E-state index is 0.240. The molecule has 1 aromatic carbocycles. The van der Waals surface area contributed by atoms with Gasteiger partial charge >= 0.3 is 0 Å². The van der Waals surface area contributed by atoms with Crippen molar-refractivity contribution in [1.82, 2.24) is 4.90 Å². The van der Waals surface area contributed by atoms with E-state index in [2.05, 4.69) is 4.90 Å². The highest BCUT2D eigenvalue weighted by molar-refractivity contribution is 6.00. The normalized spacial score (nSPS) is 19.6. The number of nitrogens with zero attached hydrogens (tertiary/aromatic N) is 1. The zero-order valence-corrected chi connectivity index (χ0v) is 10.6. The van der Waals surface area contributed by atoms with Gasteiger partial charge in [0.05, 0.1) is 0 Å². The van der Waals surface area contributed by atoms with Crippen LogP contribution in [-0.2, 0) is 6.54 Å². The summed E-state index contributed by atoms with van der Waals surface area (Å²) in [6, 6.07) is 4.80. The van der Waals surface area contributed by atoms with Crippen molar-refractivity contribution in [2.75, 3.05) is 6.54 Å². The summed E-state index contributed by atoms with van der Waals surface area (Å²) in [5.74, 6) is 1.11. The van der Waals surface area contributed by atoms with Gasteiger partial charge < -0.3 is 4.90 Å². The number of fused-ring (bicyclic) bond motifs is 1. The van der Waals surface area contributed by atoms with Crippen LogP contribution in [0.2, 0.25) is 0 Å². The summed E-state index contributed by atoms with van der Waals surface area (Å²) >= 11 is 0. The van der Waals surface area contributed by atoms with Crippen LogP contribution in [0.4, 0.5) is 4.39 Å². The zero-order valence-electron chi connectivity index (χ0n) is 10.6. The topological polar surface area (TPSA) is 27.1 Å². The number of benzene rings is 1. The molecule has 1 N–H and O–H groups in total. The van der Waals surface area contributed by atoms with Crippen LogP contribution in [0.5, 0.6) is 0 Å². The van der Waals surface area contributed by atoms with Gasteiger partial charge in [0.1, 0.15) is 11.7 Å². The second-order valence-electron chi connectivity index (χ2n) is 5.51. The number of amidine groups is 1. The SMILES string of the molecule is N=C1c2cc(F)ccc2CN1CCC1CCCC1. The monoisotopic (exact) mass is 246 g/mol. The molecule has 0 bridgehead atoms. The van der Waals surface area contributed by atoms with Crippen LogP contribution in [0.1, 0.15) is 43.2 Å². The van der Waals surface area contributed by atoms with Gasteiger partial charge in [-0.15, -0.1) is 0 Å². The first kappa shape index (κ1) is 11.7. The molecule has 1 fully saturated rings. The first-order valence-electron chi connectivity index (χ1n) is 6.86. The fourth-order valence-electron chi connectivity index (χ4n) is 3.19. The van der Waals surface area contributed by atoms with Crippen molar-refractivity contribution in [2.24, 2.45) is 5.92 Å². The molecular weight excluding hydrogens is 227 g/mol. The van der Waals surface area contributed by atoms with Crippen molar-refractivity contribution < 1.29 is 4.39 Å². The van der Waals surface area contributed by atoms with Crippen LogP contribution in [0.15, 0.2) is 18.2 Å². The van der Waals surface area contributed by atoms with Crippen molar-refractivity contribution in [2.45, 2.75) is 38.6 Å². The average molecular weight is 246 g/mol. The summed E-state index contributed by atoms with van der Waals surface area (Å²) in [6.45, 7) is 1.72. The van der Waals surface area contributed by atoms with Crippen LogP contribution < -0.4 is 0 Å². The van der Waals surface area contributed by atoms with E-state index in [0.717, 1.165) is 30.1 Å². The van der Waals surface area contributed by atoms with Crippen LogP contribution in [0.3, 0.4) is 0 Å². The molecule has 96 valence electrons. The van der Waals surface area contributed by atoms with Crippen molar-refractivity contribution >= 4 is 5.84 Å². The Hall–Kier alpha value is -1.38. The summed E-state index contributed by atoms with van der Waals surface area (Å²) < 4.78 is 13.2. The van der Waals surface area contributed by atoms with Gasteiger partial charge in [-0.05, 0) is 30.0 Å². The molecule has 1 aliphatic heterocycles. The van der Waals surface area contributed by atoms with Crippen LogP contribution in [0, 0.1) is 17.1 Å². The quantitative estimate of drug-likeness (QED) is 0.867. The molecule has 0 spiro atoms. The van der Waals surface area contributed by atoms with Gasteiger partial charge in [-0.1, -0.05) is 31.7 Å². The molecule has 1 heterocycles. The number of hydrogen-bond donors (Lipinski definition) is 1. The molecule has 0 saturated heterocycles. The van der Waals surface area contributed by atoms with E-state index in [4.69, 9.17) is 5.41 Å². The van der Waals surface area contributed by atoms with Crippen molar-refractivity contribution in [3.63, 3.8) is 0 Å². The molecule has 18 heavy (non-hydrogen) atoms. The first-order chi connectivity index (χ1) is 8.74. The highest BCUT2D eigenvalue weighted by Gasteiger charge is 2.25.